The molecule has 1 aromatic carbocycles. The number of likely N-dealkylation sites (N-methyl/N-ethyl adjacent to an activating group) is 1. The minimum absolute atomic E-state index is 0.0710. The molecular weight excluding hydrogens is 480 g/mol. The van der Waals surface area contributed by atoms with Crippen molar-refractivity contribution in [3.63, 3.8) is 0 Å². The molecule has 1 amide bonds. The number of carbonyl (C=O) groups is 3. The number of piperidine rings is 1. The van der Waals surface area contributed by atoms with Gasteiger partial charge in [-0.15, -0.1) is 0 Å². The minimum atomic E-state index is -2.63. The van der Waals surface area contributed by atoms with Crippen LogP contribution in [0.4, 0.5) is 5.69 Å². The molecule has 5 rings (SSSR count). The van der Waals surface area contributed by atoms with Crippen molar-refractivity contribution < 1.29 is 34.8 Å². The number of Topliss-reactive ketones (excluding diaryl/α,β-unsaturated/α-hetero) is 2. The van der Waals surface area contributed by atoms with Crippen LogP contribution in [-0.2, 0) is 20.8 Å². The normalized spacial score (nSPS) is 30.2. The number of phenols is 1. The van der Waals surface area contributed by atoms with Gasteiger partial charge < -0.3 is 36.8 Å². The third kappa shape index (κ3) is 3.64. The highest BCUT2D eigenvalue weighted by Crippen LogP contribution is 2.53. The van der Waals surface area contributed by atoms with Crippen LogP contribution in [-0.4, -0.2) is 87.7 Å². The first-order valence-electron chi connectivity index (χ1n) is 12.4. The van der Waals surface area contributed by atoms with Crippen LogP contribution in [0.15, 0.2) is 29.0 Å². The van der Waals surface area contributed by atoms with Crippen molar-refractivity contribution in [3.05, 3.63) is 40.2 Å². The number of aliphatic hydroxyl groups excluding tert-OH is 2. The average molecular weight is 513 g/mol. The van der Waals surface area contributed by atoms with E-state index in [2.05, 4.69) is 10.6 Å². The number of amides is 1. The molecule has 0 radical (unpaired) electrons. The Bertz CT molecular complexity index is 1260. The Morgan fingerprint density at radius 1 is 1.16 bits per heavy atom. The van der Waals surface area contributed by atoms with Gasteiger partial charge in [-0.2, -0.15) is 0 Å². The Labute approximate surface area is 213 Å². The van der Waals surface area contributed by atoms with Crippen LogP contribution in [0.2, 0.25) is 0 Å². The third-order valence-corrected chi connectivity index (χ3v) is 8.29. The van der Waals surface area contributed by atoms with Gasteiger partial charge in [0.2, 0.25) is 5.78 Å². The lowest BCUT2D eigenvalue weighted by atomic mass is 9.57. The molecule has 4 atom stereocenters. The fourth-order valence-electron chi connectivity index (χ4n) is 6.52. The van der Waals surface area contributed by atoms with E-state index in [0.717, 1.165) is 25.9 Å². The SMILES string of the molecule is CN(C)C1C(=O)C(C(N)=O)=C(O)[C@@]2(O)C(=O)C3=C(O)c4c(ccc(NC5CCNCC5)c4O)C[C@H]3C[C@@H]12. The van der Waals surface area contributed by atoms with E-state index in [1.807, 2.05) is 0 Å². The summed E-state index contributed by atoms with van der Waals surface area (Å²) in [6.45, 7) is 1.69. The highest BCUT2D eigenvalue weighted by Gasteiger charge is 2.64. The average Bonchev–Trinajstić information content (AvgIpc) is 2.83. The summed E-state index contributed by atoms with van der Waals surface area (Å²) in [6, 6.07) is 2.57. The topological polar surface area (TPSA) is 185 Å². The van der Waals surface area contributed by atoms with E-state index < -0.39 is 58.0 Å². The molecule has 8 N–H and O–H groups in total. The van der Waals surface area contributed by atoms with E-state index in [0.29, 0.717) is 11.3 Å². The van der Waals surface area contributed by atoms with Crippen molar-refractivity contribution in [1.82, 2.24) is 10.2 Å². The zero-order chi connectivity index (χ0) is 26.8. The number of nitrogens with one attached hydrogen (secondary N) is 2. The molecule has 198 valence electrons. The number of hydrogen-bond donors (Lipinski definition) is 7. The van der Waals surface area contributed by atoms with E-state index in [1.54, 1.807) is 26.2 Å². The Morgan fingerprint density at radius 2 is 1.84 bits per heavy atom. The molecule has 11 nitrogen and oxygen atoms in total. The van der Waals surface area contributed by atoms with Gasteiger partial charge in [-0.3, -0.25) is 19.3 Å². The molecule has 1 heterocycles. The molecular formula is C26H32N4O7. The standard InChI is InChI=1S/C26H32N4O7/c1-30(2)19-14-10-12-9-11-3-4-15(29-13-5-7-28-8-6-13)20(31)16(11)21(32)17(12)23(34)26(14,37)24(35)18(22(19)33)25(27)36/h3-4,12-14,19,28-29,31-32,35,37H,5-10H2,1-2H3,(H2,27,36)/t12-,14-,19?,26-/m0/s1. The van der Waals surface area contributed by atoms with Crippen LogP contribution >= 0.6 is 0 Å². The first kappa shape index (κ1) is 25.2. The quantitative estimate of drug-likeness (QED) is 0.216. The monoisotopic (exact) mass is 512 g/mol. The number of anilines is 1. The van der Waals surface area contributed by atoms with Crippen LogP contribution in [0, 0.1) is 11.8 Å². The van der Waals surface area contributed by atoms with Crippen LogP contribution in [0.3, 0.4) is 0 Å². The molecule has 4 aliphatic rings. The zero-order valence-corrected chi connectivity index (χ0v) is 20.7. The summed E-state index contributed by atoms with van der Waals surface area (Å²) in [4.78, 5) is 40.5. The summed E-state index contributed by atoms with van der Waals surface area (Å²) in [5.74, 6) is -6.47. The molecule has 0 spiro atoms. The lowest BCUT2D eigenvalue weighted by Crippen LogP contribution is -2.65. The molecule has 1 unspecified atom stereocenters. The second-order valence-electron chi connectivity index (χ2n) is 10.6. The summed E-state index contributed by atoms with van der Waals surface area (Å²) >= 11 is 0. The summed E-state index contributed by atoms with van der Waals surface area (Å²) in [5, 5.41) is 51.5. The Kier molecular flexibility index (Phi) is 6.05. The van der Waals surface area contributed by atoms with Crippen LogP contribution in [0.1, 0.15) is 30.4 Å². The van der Waals surface area contributed by atoms with Gasteiger partial charge in [0.15, 0.2) is 11.4 Å². The van der Waals surface area contributed by atoms with Gasteiger partial charge in [0, 0.05) is 17.5 Å². The maximum absolute atomic E-state index is 13.9. The highest BCUT2D eigenvalue weighted by molar-refractivity contribution is 6.24. The predicted molar refractivity (Wildman–Crippen MR) is 134 cm³/mol. The van der Waals surface area contributed by atoms with Crippen molar-refractivity contribution in [3.8, 4) is 5.75 Å². The molecule has 11 heteroatoms. The van der Waals surface area contributed by atoms with Crippen molar-refractivity contribution in [2.45, 2.75) is 43.4 Å². The highest BCUT2D eigenvalue weighted by atomic mass is 16.3. The van der Waals surface area contributed by atoms with Crippen molar-refractivity contribution in [2.75, 3.05) is 32.5 Å². The summed E-state index contributed by atoms with van der Waals surface area (Å²) in [6.07, 6.45) is 2.06. The maximum atomic E-state index is 13.9. The van der Waals surface area contributed by atoms with Gasteiger partial charge >= 0.3 is 0 Å². The third-order valence-electron chi connectivity index (χ3n) is 8.29. The van der Waals surface area contributed by atoms with Gasteiger partial charge in [0.25, 0.3) is 5.91 Å². The number of phenolic OH excluding ortho intramolecular Hbond substituents is 1. The van der Waals surface area contributed by atoms with E-state index >= 15 is 0 Å². The molecule has 37 heavy (non-hydrogen) atoms. The number of fused-ring (bicyclic) bond motifs is 3. The van der Waals surface area contributed by atoms with Crippen molar-refractivity contribution >= 4 is 28.9 Å². The molecule has 1 saturated heterocycles. The van der Waals surface area contributed by atoms with Crippen molar-refractivity contribution in [1.29, 1.82) is 0 Å². The number of hydrogen-bond acceptors (Lipinski definition) is 10. The number of aromatic hydroxyl groups is 1. The number of primary amides is 1. The second-order valence-corrected chi connectivity index (χ2v) is 10.6. The fraction of sp³-hybridized carbons (Fsp3) is 0.500. The predicted octanol–water partition coefficient (Wildman–Crippen LogP) is 0.128. The van der Waals surface area contributed by atoms with Crippen molar-refractivity contribution in [2.24, 2.45) is 17.6 Å². The minimum Gasteiger partial charge on any atom is -0.508 e. The first-order chi connectivity index (χ1) is 17.5. The molecule has 0 bridgehead atoms. The molecule has 3 aliphatic carbocycles. The van der Waals surface area contributed by atoms with Crippen LogP contribution in [0.25, 0.3) is 5.76 Å². The molecule has 2 fully saturated rings. The van der Waals surface area contributed by atoms with Gasteiger partial charge in [0.1, 0.15) is 22.8 Å². The summed E-state index contributed by atoms with van der Waals surface area (Å²) < 4.78 is 0. The summed E-state index contributed by atoms with van der Waals surface area (Å²) in [5.41, 5.74) is 2.88. The zero-order valence-electron chi connectivity index (χ0n) is 20.7. The van der Waals surface area contributed by atoms with Gasteiger partial charge in [0.05, 0.1) is 17.3 Å². The Balaban J connectivity index is 1.62. The lowest BCUT2D eigenvalue weighted by molar-refractivity contribution is -0.153. The number of carbonyl (C=O) groups excluding carboxylic acids is 3. The summed E-state index contributed by atoms with van der Waals surface area (Å²) in [7, 11) is 3.14. The number of benzene rings is 1. The van der Waals surface area contributed by atoms with E-state index in [1.165, 1.54) is 4.90 Å². The Hall–Kier alpha value is -3.41. The van der Waals surface area contributed by atoms with Crippen LogP contribution in [0.5, 0.6) is 5.75 Å². The Morgan fingerprint density at radius 3 is 2.46 bits per heavy atom. The lowest BCUT2D eigenvalue weighted by Gasteiger charge is -2.50. The number of rotatable bonds is 4. The van der Waals surface area contributed by atoms with Gasteiger partial charge in [-0.25, -0.2) is 0 Å². The van der Waals surface area contributed by atoms with Gasteiger partial charge in [-0.1, -0.05) is 6.07 Å². The number of nitrogens with two attached hydrogens (primary N) is 1. The van der Waals surface area contributed by atoms with E-state index in [4.69, 9.17) is 5.73 Å². The van der Waals surface area contributed by atoms with E-state index in [-0.39, 0.29) is 35.8 Å². The smallest absolute Gasteiger partial charge is 0.255 e. The maximum Gasteiger partial charge on any atom is 0.255 e. The first-order valence-corrected chi connectivity index (χ1v) is 12.4. The largest absolute Gasteiger partial charge is 0.508 e. The number of nitrogens with zero attached hydrogens (tertiary/aromatic N) is 1. The molecule has 0 aromatic heterocycles. The second kappa shape index (κ2) is 8.86. The van der Waals surface area contributed by atoms with Gasteiger partial charge in [-0.05, 0) is 70.4 Å². The molecule has 1 saturated carbocycles. The number of ketones is 2. The number of aliphatic hydroxyl groups is 3. The van der Waals surface area contributed by atoms with Crippen LogP contribution < -0.4 is 16.4 Å². The molecule has 1 aromatic rings. The fourth-order valence-corrected chi connectivity index (χ4v) is 6.52. The van der Waals surface area contributed by atoms with E-state index in [9.17, 15) is 34.8 Å². The molecule has 1 aliphatic heterocycles.